The number of piperidine rings is 2. The Labute approximate surface area is 73.0 Å². The van der Waals surface area contributed by atoms with Gasteiger partial charge in [0.15, 0.2) is 0 Å². The zero-order valence-electron chi connectivity index (χ0n) is 7.48. The third kappa shape index (κ3) is 1.16. The van der Waals surface area contributed by atoms with Gasteiger partial charge in [0.05, 0.1) is 12.2 Å². The second-order valence-electron chi connectivity index (χ2n) is 4.09. The molecule has 0 aromatic rings. The zero-order chi connectivity index (χ0) is 8.72. The second kappa shape index (κ2) is 2.98. The van der Waals surface area contributed by atoms with E-state index in [2.05, 4.69) is 4.90 Å². The molecule has 0 aliphatic carbocycles. The number of nitrogens with zero attached hydrogens (tertiary/aromatic N) is 1. The summed E-state index contributed by atoms with van der Waals surface area (Å²) in [6, 6.07) is 0.597. The number of aliphatic hydroxyl groups excluding tert-OH is 2. The Morgan fingerprint density at radius 3 is 1.75 bits per heavy atom. The number of hydrogen-bond acceptors (Lipinski definition) is 3. The second-order valence-corrected chi connectivity index (χ2v) is 4.09. The molecule has 70 valence electrons. The number of likely N-dealkylation sites (N-methyl/N-ethyl adjacent to an activating group) is 1. The van der Waals surface area contributed by atoms with Crippen molar-refractivity contribution in [1.29, 1.82) is 0 Å². The van der Waals surface area contributed by atoms with Gasteiger partial charge in [-0.2, -0.15) is 0 Å². The van der Waals surface area contributed by atoms with Crippen molar-refractivity contribution in [2.75, 3.05) is 7.05 Å². The molecule has 0 aromatic heterocycles. The van der Waals surface area contributed by atoms with Crippen molar-refractivity contribution in [3.05, 3.63) is 0 Å². The zero-order valence-corrected chi connectivity index (χ0v) is 7.48. The predicted molar refractivity (Wildman–Crippen MR) is 45.8 cm³/mol. The summed E-state index contributed by atoms with van der Waals surface area (Å²) in [6.07, 6.45) is 3.26. The van der Waals surface area contributed by atoms with Crippen LogP contribution in [0.2, 0.25) is 0 Å². The minimum absolute atomic E-state index is 0.168. The van der Waals surface area contributed by atoms with Crippen LogP contribution in [0.1, 0.15) is 25.7 Å². The van der Waals surface area contributed by atoms with E-state index in [0.717, 1.165) is 25.7 Å². The van der Waals surface area contributed by atoms with E-state index in [1.807, 2.05) is 7.05 Å². The molecule has 2 heterocycles. The minimum Gasteiger partial charge on any atom is -0.391 e. The first kappa shape index (κ1) is 8.48. The van der Waals surface area contributed by atoms with E-state index in [0.29, 0.717) is 12.1 Å². The average molecular weight is 171 g/mol. The highest BCUT2D eigenvalue weighted by molar-refractivity contribution is 4.95. The highest BCUT2D eigenvalue weighted by Crippen LogP contribution is 2.32. The van der Waals surface area contributed by atoms with Crippen molar-refractivity contribution in [2.45, 2.75) is 50.0 Å². The van der Waals surface area contributed by atoms with Gasteiger partial charge in [0.25, 0.3) is 0 Å². The monoisotopic (exact) mass is 171 g/mol. The van der Waals surface area contributed by atoms with Gasteiger partial charge < -0.3 is 10.2 Å². The molecule has 2 aliphatic rings. The predicted octanol–water partition coefficient (Wildman–Crippen LogP) is -0.0352. The number of hydrogen-bond donors (Lipinski definition) is 2. The summed E-state index contributed by atoms with van der Waals surface area (Å²) in [6.45, 7) is 0. The first-order valence-electron chi connectivity index (χ1n) is 4.78. The van der Waals surface area contributed by atoms with E-state index in [1.54, 1.807) is 0 Å². The fourth-order valence-corrected chi connectivity index (χ4v) is 2.65. The molecule has 0 radical (unpaired) electrons. The minimum atomic E-state index is -0.168. The normalized spacial score (nSPS) is 49.2. The fraction of sp³-hybridized carbons (Fsp3) is 1.00. The van der Waals surface area contributed by atoms with Gasteiger partial charge in [0.1, 0.15) is 0 Å². The molecule has 12 heavy (non-hydrogen) atoms. The van der Waals surface area contributed by atoms with Crippen LogP contribution in [0, 0.1) is 0 Å². The summed E-state index contributed by atoms with van der Waals surface area (Å²) in [5.41, 5.74) is 0. The van der Waals surface area contributed by atoms with Crippen molar-refractivity contribution in [3.63, 3.8) is 0 Å². The molecule has 2 rings (SSSR count). The third-order valence-corrected chi connectivity index (χ3v) is 3.45. The lowest BCUT2D eigenvalue weighted by Crippen LogP contribution is -2.58. The van der Waals surface area contributed by atoms with E-state index in [4.69, 9.17) is 0 Å². The van der Waals surface area contributed by atoms with E-state index in [-0.39, 0.29) is 12.2 Å². The smallest absolute Gasteiger partial charge is 0.0696 e. The Morgan fingerprint density at radius 1 is 0.917 bits per heavy atom. The maximum absolute atomic E-state index is 9.65. The third-order valence-electron chi connectivity index (χ3n) is 3.45. The van der Waals surface area contributed by atoms with Gasteiger partial charge in [-0.3, -0.25) is 4.90 Å². The fourth-order valence-electron chi connectivity index (χ4n) is 2.65. The molecular weight excluding hydrogens is 154 g/mol. The Kier molecular flexibility index (Phi) is 2.10. The van der Waals surface area contributed by atoms with Gasteiger partial charge in [-0.25, -0.2) is 0 Å². The van der Waals surface area contributed by atoms with Crippen molar-refractivity contribution >= 4 is 0 Å². The lowest BCUT2D eigenvalue weighted by molar-refractivity contribution is -0.0850. The lowest BCUT2D eigenvalue weighted by Gasteiger charge is -2.48. The largest absolute Gasteiger partial charge is 0.391 e. The topological polar surface area (TPSA) is 43.7 Å². The molecule has 3 heteroatoms. The van der Waals surface area contributed by atoms with E-state index in [9.17, 15) is 10.2 Å². The lowest BCUT2D eigenvalue weighted by atomic mass is 9.82. The molecule has 3 nitrogen and oxygen atoms in total. The molecular formula is C9H17NO2. The average Bonchev–Trinajstić information content (AvgIpc) is 2.01. The van der Waals surface area contributed by atoms with Gasteiger partial charge in [-0.1, -0.05) is 0 Å². The molecule has 2 saturated heterocycles. The van der Waals surface area contributed by atoms with Crippen molar-refractivity contribution in [1.82, 2.24) is 4.90 Å². The SMILES string of the molecule is CN1[C@@H]2CC[C@@H](O)[C@H]1CC[C@H]2O. The van der Waals surface area contributed by atoms with Crippen molar-refractivity contribution < 1.29 is 10.2 Å². The maximum Gasteiger partial charge on any atom is 0.0696 e. The van der Waals surface area contributed by atoms with Crippen LogP contribution in [0.15, 0.2) is 0 Å². The summed E-state index contributed by atoms with van der Waals surface area (Å²) in [5, 5.41) is 19.3. The molecule has 2 bridgehead atoms. The standard InChI is InChI=1S/C9H17NO2/c1-10-6-2-4-8(11)7(10)3-5-9(6)12/h6-9,11-12H,2-5H2,1H3/t6-,7-,8-,9-/m1/s1. The Balaban J connectivity index is 2.12. The van der Waals surface area contributed by atoms with Crippen molar-refractivity contribution in [2.24, 2.45) is 0 Å². The van der Waals surface area contributed by atoms with Crippen LogP contribution < -0.4 is 0 Å². The quantitative estimate of drug-likeness (QED) is 0.537. The Morgan fingerprint density at radius 2 is 1.33 bits per heavy atom. The molecule has 2 N–H and O–H groups in total. The Bertz CT molecular complexity index is 156. The summed E-state index contributed by atoms with van der Waals surface area (Å²) in [5.74, 6) is 0. The highest BCUT2D eigenvalue weighted by atomic mass is 16.3. The number of rotatable bonds is 0. The number of fused-ring (bicyclic) bond motifs is 2. The maximum atomic E-state index is 9.65. The first-order valence-corrected chi connectivity index (χ1v) is 4.78. The summed E-state index contributed by atoms with van der Waals surface area (Å²) < 4.78 is 0. The van der Waals surface area contributed by atoms with Crippen molar-refractivity contribution in [3.8, 4) is 0 Å². The van der Waals surface area contributed by atoms with E-state index in [1.165, 1.54) is 0 Å². The molecule has 0 amide bonds. The van der Waals surface area contributed by atoms with Crippen LogP contribution in [0.3, 0.4) is 0 Å². The van der Waals surface area contributed by atoms with Gasteiger partial charge >= 0.3 is 0 Å². The van der Waals surface area contributed by atoms with Gasteiger partial charge in [0, 0.05) is 12.1 Å². The van der Waals surface area contributed by atoms with Crippen LogP contribution >= 0.6 is 0 Å². The van der Waals surface area contributed by atoms with Crippen LogP contribution in [0.5, 0.6) is 0 Å². The van der Waals surface area contributed by atoms with Crippen LogP contribution in [0.4, 0.5) is 0 Å². The highest BCUT2D eigenvalue weighted by Gasteiger charge is 2.40. The molecule has 4 atom stereocenters. The van der Waals surface area contributed by atoms with E-state index < -0.39 is 0 Å². The van der Waals surface area contributed by atoms with Gasteiger partial charge in [-0.05, 0) is 32.7 Å². The molecule has 2 aliphatic heterocycles. The molecule has 0 aromatic carbocycles. The molecule has 2 fully saturated rings. The number of aliphatic hydroxyl groups is 2. The summed E-state index contributed by atoms with van der Waals surface area (Å²) in [7, 11) is 2.01. The van der Waals surface area contributed by atoms with E-state index >= 15 is 0 Å². The molecule has 0 saturated carbocycles. The van der Waals surface area contributed by atoms with Crippen LogP contribution in [-0.4, -0.2) is 46.5 Å². The molecule has 0 spiro atoms. The van der Waals surface area contributed by atoms with Crippen LogP contribution in [0.25, 0.3) is 0 Å². The summed E-state index contributed by atoms with van der Waals surface area (Å²) in [4.78, 5) is 2.16. The van der Waals surface area contributed by atoms with Gasteiger partial charge in [0.2, 0.25) is 0 Å². The Hall–Kier alpha value is -0.120. The summed E-state index contributed by atoms with van der Waals surface area (Å²) >= 11 is 0. The first-order chi connectivity index (χ1) is 5.70. The van der Waals surface area contributed by atoms with Crippen LogP contribution in [-0.2, 0) is 0 Å². The van der Waals surface area contributed by atoms with Gasteiger partial charge in [-0.15, -0.1) is 0 Å². The molecule has 0 unspecified atom stereocenters.